The van der Waals surface area contributed by atoms with E-state index in [0.29, 0.717) is 25.7 Å². The molecule has 0 rings (SSSR count). The van der Waals surface area contributed by atoms with E-state index in [1.165, 1.54) is 0 Å². The van der Waals surface area contributed by atoms with Crippen molar-refractivity contribution in [3.05, 3.63) is 0 Å². The summed E-state index contributed by atoms with van der Waals surface area (Å²) in [7, 11) is 0. The summed E-state index contributed by atoms with van der Waals surface area (Å²) in [6.45, 7) is 2.09. The fraction of sp³-hybridized carbons (Fsp3) is 1.00. The Morgan fingerprint density at radius 2 is 0.683 bits per heavy atom. The van der Waals surface area contributed by atoms with Gasteiger partial charge in [0.2, 0.25) is 0 Å². The first-order valence-electron chi connectivity index (χ1n) is 13.5. The molecule has 0 saturated heterocycles. The summed E-state index contributed by atoms with van der Waals surface area (Å²) >= 11 is -7.08. The minimum atomic E-state index is -7.08. The third kappa shape index (κ3) is 12.3. The van der Waals surface area contributed by atoms with E-state index in [-0.39, 0.29) is 25.7 Å². The maximum atomic E-state index is 14.5. The van der Waals surface area contributed by atoms with Gasteiger partial charge in [-0.25, -0.2) is 0 Å². The molecule has 0 aromatic heterocycles. The zero-order valence-corrected chi connectivity index (χ0v) is 25.8. The molecule has 0 amide bonds. The SMILES string of the molecule is CCCCCCCC[O][Sn]([CH2]C(F)(F)C(F)(F)C(F)(F)F)([CH2]C(F)(F)C(F)(F)C(F)(F)F)[O]CCCCCCCC. The van der Waals surface area contributed by atoms with Crippen LogP contribution in [0.25, 0.3) is 0 Å². The average Bonchev–Trinajstić information content (AvgIpc) is 2.80. The molecule has 0 bridgehead atoms. The first-order chi connectivity index (χ1) is 18.5. The summed E-state index contributed by atoms with van der Waals surface area (Å²) in [6, 6.07) is 0. The zero-order valence-electron chi connectivity index (χ0n) is 22.9. The molecule has 0 aromatic carbocycles. The van der Waals surface area contributed by atoms with E-state index in [2.05, 4.69) is 0 Å². The van der Waals surface area contributed by atoms with Crippen LogP contribution in [-0.2, 0) is 6.15 Å². The fourth-order valence-corrected chi connectivity index (χ4v) is 13.7. The van der Waals surface area contributed by atoms with Crippen molar-refractivity contribution in [1.82, 2.24) is 0 Å². The van der Waals surface area contributed by atoms with E-state index in [1.807, 2.05) is 13.8 Å². The van der Waals surface area contributed by atoms with Gasteiger partial charge < -0.3 is 0 Å². The number of unbranched alkanes of at least 4 members (excludes halogenated alkanes) is 10. The Hall–Kier alpha value is -0.261. The Kier molecular flexibility index (Phi) is 16.6. The van der Waals surface area contributed by atoms with Crippen molar-refractivity contribution in [2.75, 3.05) is 13.2 Å². The number of halogens is 14. The molecule has 0 heterocycles. The number of alkyl halides is 14. The molecule has 0 aromatic rings. The minimum absolute atomic E-state index is 0.134. The molecule has 41 heavy (non-hydrogen) atoms. The zero-order chi connectivity index (χ0) is 32.2. The predicted molar refractivity (Wildman–Crippen MR) is 126 cm³/mol. The number of hydrogen-bond acceptors (Lipinski definition) is 2. The van der Waals surface area contributed by atoms with Gasteiger partial charge in [0.05, 0.1) is 0 Å². The average molecular weight is 743 g/mol. The van der Waals surface area contributed by atoms with E-state index < -0.39 is 77.3 Å². The van der Waals surface area contributed by atoms with E-state index in [4.69, 9.17) is 6.15 Å². The molecular formula is C24H38F14O2Sn. The summed E-state index contributed by atoms with van der Waals surface area (Å²) in [5.41, 5.74) is 0. The van der Waals surface area contributed by atoms with Crippen molar-refractivity contribution in [3.63, 3.8) is 0 Å². The summed E-state index contributed by atoms with van der Waals surface area (Å²) < 4.78 is 194. The van der Waals surface area contributed by atoms with Crippen molar-refractivity contribution in [3.8, 4) is 0 Å². The van der Waals surface area contributed by atoms with Gasteiger partial charge in [-0.15, -0.1) is 0 Å². The Bertz CT molecular complexity index is 666. The van der Waals surface area contributed by atoms with Crippen molar-refractivity contribution < 1.29 is 67.6 Å². The third-order valence-electron chi connectivity index (χ3n) is 6.34. The van der Waals surface area contributed by atoms with Crippen molar-refractivity contribution in [2.45, 2.75) is 136 Å². The van der Waals surface area contributed by atoms with Crippen LogP contribution < -0.4 is 0 Å². The second-order valence-corrected chi connectivity index (χ2v) is 18.9. The van der Waals surface area contributed by atoms with E-state index in [9.17, 15) is 61.5 Å². The van der Waals surface area contributed by atoms with Crippen LogP contribution in [0, 0.1) is 0 Å². The van der Waals surface area contributed by atoms with Crippen LogP contribution in [0.4, 0.5) is 61.5 Å². The van der Waals surface area contributed by atoms with Gasteiger partial charge in [0.25, 0.3) is 0 Å². The number of rotatable bonds is 22. The molecule has 0 aliphatic carbocycles. The van der Waals surface area contributed by atoms with Crippen LogP contribution in [0.2, 0.25) is 8.87 Å². The van der Waals surface area contributed by atoms with Gasteiger partial charge in [0.15, 0.2) is 0 Å². The summed E-state index contributed by atoms with van der Waals surface area (Å²) in [6.07, 6.45) is -8.02. The Morgan fingerprint density at radius 3 is 0.951 bits per heavy atom. The van der Waals surface area contributed by atoms with E-state index >= 15 is 0 Å². The quantitative estimate of drug-likeness (QED) is 0.0625. The fourth-order valence-electron chi connectivity index (χ4n) is 3.90. The molecule has 0 atom stereocenters. The molecule has 0 fully saturated rings. The van der Waals surface area contributed by atoms with Crippen LogP contribution in [0.1, 0.15) is 90.9 Å². The Labute approximate surface area is 235 Å². The molecule has 0 spiro atoms. The molecule has 17 heteroatoms. The van der Waals surface area contributed by atoms with Gasteiger partial charge >= 0.3 is 236 Å². The van der Waals surface area contributed by atoms with E-state index in [0.717, 1.165) is 25.7 Å². The second-order valence-electron chi connectivity index (χ2n) is 10.0. The molecular weight excluding hydrogens is 705 g/mol. The normalized spacial score (nSPS) is 14.6. The van der Waals surface area contributed by atoms with Crippen LogP contribution in [0.5, 0.6) is 0 Å². The van der Waals surface area contributed by atoms with Crippen molar-refractivity contribution in [2.24, 2.45) is 0 Å². The first-order valence-corrected chi connectivity index (χ1v) is 19.8. The predicted octanol–water partition coefficient (Wildman–Crippen LogP) is 10.8. The molecule has 248 valence electrons. The summed E-state index contributed by atoms with van der Waals surface area (Å²) in [5.74, 6) is -26.1. The van der Waals surface area contributed by atoms with Gasteiger partial charge in [0, 0.05) is 0 Å². The van der Waals surface area contributed by atoms with Gasteiger partial charge in [-0.05, 0) is 0 Å². The van der Waals surface area contributed by atoms with Crippen molar-refractivity contribution in [1.29, 1.82) is 0 Å². The molecule has 0 aliphatic heterocycles. The number of hydrogen-bond donors (Lipinski definition) is 0. The van der Waals surface area contributed by atoms with Gasteiger partial charge in [-0.1, -0.05) is 0 Å². The van der Waals surface area contributed by atoms with Crippen LogP contribution in [-0.4, -0.2) is 68.5 Å². The standard InChI is InChI=1S/2C8H17O.2C4H2F7.Sn/c2*1-2-3-4-5-6-7-8-9;2*1-2(5,6)3(7,8)4(9,10)11;/h2*2-8H2,1H3;2*1H2;/q2*-1;;;+2. The summed E-state index contributed by atoms with van der Waals surface area (Å²) in [5, 5.41) is 0. The monoisotopic (exact) mass is 744 g/mol. The molecule has 0 unspecified atom stereocenters. The topological polar surface area (TPSA) is 18.5 Å². The maximum absolute atomic E-state index is 14.5. The second kappa shape index (κ2) is 16.7. The van der Waals surface area contributed by atoms with Crippen LogP contribution in [0.15, 0.2) is 0 Å². The van der Waals surface area contributed by atoms with Crippen LogP contribution >= 0.6 is 0 Å². The van der Waals surface area contributed by atoms with E-state index in [1.54, 1.807) is 0 Å². The molecule has 0 N–H and O–H groups in total. The first kappa shape index (κ1) is 40.7. The molecule has 0 aliphatic rings. The Morgan fingerprint density at radius 1 is 0.415 bits per heavy atom. The van der Waals surface area contributed by atoms with Gasteiger partial charge in [-0.3, -0.25) is 0 Å². The molecule has 0 radical (unpaired) electrons. The third-order valence-corrected chi connectivity index (χ3v) is 16.1. The van der Waals surface area contributed by atoms with Gasteiger partial charge in [0.1, 0.15) is 0 Å². The van der Waals surface area contributed by atoms with Gasteiger partial charge in [-0.2, -0.15) is 0 Å². The van der Waals surface area contributed by atoms with Crippen molar-refractivity contribution >= 4 is 19.2 Å². The molecule has 0 saturated carbocycles. The van der Waals surface area contributed by atoms with Crippen LogP contribution in [0.3, 0.4) is 0 Å². The summed E-state index contributed by atoms with van der Waals surface area (Å²) in [4.78, 5) is 0. The molecule has 2 nitrogen and oxygen atoms in total. The Balaban J connectivity index is 6.36.